The Morgan fingerprint density at radius 3 is 2.90 bits per heavy atom. The molecule has 0 aliphatic rings. The first-order valence-electron chi connectivity index (χ1n) is 6.08. The number of rotatable bonds is 5. The maximum atomic E-state index is 13.0. The molecule has 3 N–H and O–H groups in total. The summed E-state index contributed by atoms with van der Waals surface area (Å²) in [5.41, 5.74) is 5.95. The Kier molecular flexibility index (Phi) is 4.68. The number of anilines is 2. The molecule has 0 saturated carbocycles. The first-order chi connectivity index (χ1) is 9.56. The van der Waals surface area contributed by atoms with E-state index in [0.29, 0.717) is 17.9 Å². The van der Waals surface area contributed by atoms with Crippen molar-refractivity contribution in [1.82, 2.24) is 0 Å². The van der Waals surface area contributed by atoms with Gasteiger partial charge >= 0.3 is 0 Å². The number of aryl methyl sites for hydroxylation is 1. The number of furan rings is 1. The van der Waals surface area contributed by atoms with Crippen LogP contribution >= 0.6 is 11.8 Å². The van der Waals surface area contributed by atoms with Crippen LogP contribution in [0.3, 0.4) is 0 Å². The van der Waals surface area contributed by atoms with Crippen LogP contribution in [0, 0.1) is 12.7 Å². The Labute approximate surface area is 120 Å². The van der Waals surface area contributed by atoms with E-state index in [1.54, 1.807) is 18.0 Å². The average molecular weight is 294 g/mol. The van der Waals surface area contributed by atoms with Crippen molar-refractivity contribution in [1.29, 1.82) is 0 Å². The van der Waals surface area contributed by atoms with Crippen LogP contribution in [0.2, 0.25) is 0 Å². The van der Waals surface area contributed by atoms with Gasteiger partial charge in [-0.3, -0.25) is 4.79 Å². The molecule has 1 heterocycles. The normalized spacial score (nSPS) is 10.5. The molecule has 6 heteroatoms. The molecule has 0 aliphatic heterocycles. The molecule has 1 amide bonds. The van der Waals surface area contributed by atoms with Gasteiger partial charge in [-0.25, -0.2) is 4.39 Å². The zero-order chi connectivity index (χ0) is 14.5. The molecule has 2 rings (SSSR count). The number of hydrogen-bond donors (Lipinski definition) is 2. The number of hydrogen-bond acceptors (Lipinski definition) is 4. The summed E-state index contributed by atoms with van der Waals surface area (Å²) in [6, 6.07) is 5.99. The Morgan fingerprint density at radius 2 is 2.25 bits per heavy atom. The zero-order valence-corrected chi connectivity index (χ0v) is 11.8. The lowest BCUT2D eigenvalue weighted by Crippen LogP contribution is -2.12. The minimum Gasteiger partial charge on any atom is -0.468 e. The first kappa shape index (κ1) is 14.5. The van der Waals surface area contributed by atoms with Gasteiger partial charge in [-0.2, -0.15) is 0 Å². The van der Waals surface area contributed by atoms with Crippen molar-refractivity contribution in [2.24, 2.45) is 0 Å². The van der Waals surface area contributed by atoms with Crippen molar-refractivity contribution in [3.63, 3.8) is 0 Å². The van der Waals surface area contributed by atoms with E-state index in [9.17, 15) is 9.18 Å². The molecule has 0 bridgehead atoms. The van der Waals surface area contributed by atoms with E-state index in [0.717, 1.165) is 10.7 Å². The van der Waals surface area contributed by atoms with Gasteiger partial charge in [0, 0.05) is 22.8 Å². The molecule has 4 nitrogen and oxygen atoms in total. The van der Waals surface area contributed by atoms with E-state index in [-0.39, 0.29) is 11.6 Å². The standard InChI is InChI=1S/C14H15FN2O2S/c1-9-13(4-6-19-9)20-7-5-14(18)17-10-2-3-11(15)12(16)8-10/h2-4,6,8H,5,7,16H2,1H3,(H,17,18). The van der Waals surface area contributed by atoms with Crippen molar-refractivity contribution >= 4 is 29.0 Å². The molecule has 0 radical (unpaired) electrons. The third kappa shape index (κ3) is 3.77. The zero-order valence-electron chi connectivity index (χ0n) is 11.0. The number of nitrogens with two attached hydrogens (primary N) is 1. The summed E-state index contributed by atoms with van der Waals surface area (Å²) in [6.07, 6.45) is 1.98. The summed E-state index contributed by atoms with van der Waals surface area (Å²) in [5.74, 6) is 0.864. The van der Waals surface area contributed by atoms with Crippen LogP contribution in [0.25, 0.3) is 0 Å². The van der Waals surface area contributed by atoms with Crippen molar-refractivity contribution in [3.05, 3.63) is 42.1 Å². The maximum absolute atomic E-state index is 13.0. The van der Waals surface area contributed by atoms with Crippen LogP contribution in [-0.4, -0.2) is 11.7 Å². The summed E-state index contributed by atoms with van der Waals surface area (Å²) in [5, 5.41) is 2.68. The van der Waals surface area contributed by atoms with E-state index in [1.165, 1.54) is 18.2 Å². The third-order valence-corrected chi connectivity index (χ3v) is 3.82. The molecule has 0 unspecified atom stereocenters. The monoisotopic (exact) mass is 294 g/mol. The molecule has 1 aromatic heterocycles. The summed E-state index contributed by atoms with van der Waals surface area (Å²) in [6.45, 7) is 1.88. The number of thioether (sulfide) groups is 1. The lowest BCUT2D eigenvalue weighted by molar-refractivity contribution is -0.115. The van der Waals surface area contributed by atoms with Crippen LogP contribution in [-0.2, 0) is 4.79 Å². The summed E-state index contributed by atoms with van der Waals surface area (Å²) in [7, 11) is 0. The molecule has 0 aliphatic carbocycles. The fourth-order valence-electron chi connectivity index (χ4n) is 1.62. The van der Waals surface area contributed by atoms with Crippen LogP contribution in [0.15, 0.2) is 39.8 Å². The van der Waals surface area contributed by atoms with Crippen LogP contribution in [0.1, 0.15) is 12.2 Å². The van der Waals surface area contributed by atoms with Gasteiger partial charge in [-0.15, -0.1) is 11.8 Å². The Hall–Kier alpha value is -1.95. The minimum absolute atomic E-state index is 0.0196. The molecular weight excluding hydrogens is 279 g/mol. The van der Waals surface area contributed by atoms with Gasteiger partial charge in [0.2, 0.25) is 5.91 Å². The molecule has 0 spiro atoms. The van der Waals surface area contributed by atoms with Gasteiger partial charge < -0.3 is 15.5 Å². The molecule has 0 atom stereocenters. The van der Waals surface area contributed by atoms with E-state index in [1.807, 2.05) is 13.0 Å². The molecule has 106 valence electrons. The number of amides is 1. The van der Waals surface area contributed by atoms with Gasteiger partial charge in [0.05, 0.1) is 12.0 Å². The summed E-state index contributed by atoms with van der Waals surface area (Å²) >= 11 is 1.56. The largest absolute Gasteiger partial charge is 0.468 e. The smallest absolute Gasteiger partial charge is 0.225 e. The van der Waals surface area contributed by atoms with Crippen LogP contribution in [0.4, 0.5) is 15.8 Å². The molecule has 0 saturated heterocycles. The Bertz CT molecular complexity index is 613. The van der Waals surface area contributed by atoms with Gasteiger partial charge in [-0.05, 0) is 31.2 Å². The third-order valence-electron chi connectivity index (χ3n) is 2.68. The van der Waals surface area contributed by atoms with Gasteiger partial charge in [0.15, 0.2) is 0 Å². The predicted octanol–water partition coefficient (Wildman–Crippen LogP) is 3.43. The Morgan fingerprint density at radius 1 is 1.45 bits per heavy atom. The fourth-order valence-corrected chi connectivity index (χ4v) is 2.53. The van der Waals surface area contributed by atoms with E-state index < -0.39 is 5.82 Å². The predicted molar refractivity (Wildman–Crippen MR) is 78.2 cm³/mol. The lowest BCUT2D eigenvalue weighted by Gasteiger charge is -2.06. The topological polar surface area (TPSA) is 68.3 Å². The number of nitrogens with one attached hydrogen (secondary N) is 1. The second-order valence-corrected chi connectivity index (χ2v) is 5.36. The van der Waals surface area contributed by atoms with E-state index in [4.69, 9.17) is 10.2 Å². The SMILES string of the molecule is Cc1occc1SCCC(=O)Nc1ccc(F)c(N)c1. The Balaban J connectivity index is 1.80. The van der Waals surface area contributed by atoms with Crippen molar-refractivity contribution in [2.45, 2.75) is 18.2 Å². The fraction of sp³-hybridized carbons (Fsp3) is 0.214. The van der Waals surface area contributed by atoms with Crippen molar-refractivity contribution in [2.75, 3.05) is 16.8 Å². The van der Waals surface area contributed by atoms with E-state index in [2.05, 4.69) is 5.32 Å². The number of halogens is 1. The second-order valence-electron chi connectivity index (χ2n) is 4.22. The molecule has 1 aromatic carbocycles. The highest BCUT2D eigenvalue weighted by Gasteiger charge is 2.07. The highest BCUT2D eigenvalue weighted by atomic mass is 32.2. The highest BCUT2D eigenvalue weighted by molar-refractivity contribution is 7.99. The summed E-state index contributed by atoms with van der Waals surface area (Å²) < 4.78 is 18.2. The molecule has 2 aromatic rings. The molecular formula is C14H15FN2O2S. The number of carbonyl (C=O) groups is 1. The second kappa shape index (κ2) is 6.47. The van der Waals surface area contributed by atoms with E-state index >= 15 is 0 Å². The lowest BCUT2D eigenvalue weighted by atomic mass is 10.2. The quantitative estimate of drug-likeness (QED) is 0.655. The van der Waals surface area contributed by atoms with Crippen molar-refractivity contribution in [3.8, 4) is 0 Å². The highest BCUT2D eigenvalue weighted by Crippen LogP contribution is 2.24. The number of carbonyl (C=O) groups excluding carboxylic acids is 1. The number of nitrogen functional groups attached to an aromatic ring is 1. The molecule has 20 heavy (non-hydrogen) atoms. The van der Waals surface area contributed by atoms with Crippen LogP contribution < -0.4 is 11.1 Å². The molecule has 0 fully saturated rings. The average Bonchev–Trinajstić information content (AvgIpc) is 2.80. The van der Waals surface area contributed by atoms with Crippen LogP contribution in [0.5, 0.6) is 0 Å². The summed E-state index contributed by atoms with van der Waals surface area (Å²) in [4.78, 5) is 12.8. The first-order valence-corrected chi connectivity index (χ1v) is 7.06. The minimum atomic E-state index is -0.492. The van der Waals surface area contributed by atoms with Crippen molar-refractivity contribution < 1.29 is 13.6 Å². The maximum Gasteiger partial charge on any atom is 0.225 e. The number of benzene rings is 1. The van der Waals surface area contributed by atoms with Gasteiger partial charge in [0.1, 0.15) is 11.6 Å². The van der Waals surface area contributed by atoms with Gasteiger partial charge in [-0.1, -0.05) is 0 Å². The van der Waals surface area contributed by atoms with Gasteiger partial charge in [0.25, 0.3) is 0 Å².